The average Bonchev–Trinajstić information content (AvgIpc) is 3.08. The number of hydrogen-bond donors (Lipinski definition) is 1. The number of nitrogens with zero attached hydrogens (tertiary/aromatic N) is 2. The summed E-state index contributed by atoms with van der Waals surface area (Å²) in [5.74, 6) is 0. The van der Waals surface area contributed by atoms with Gasteiger partial charge < -0.3 is 5.32 Å². The standard InChI is InChI=1S/C20H14ClN3S/c21-15-7-11-17(12-8-15)23-13-22-16-9-5-14(6-10-16)20-24-18-3-1-2-4-19(18)25-20/h1-13H,(H,22,23). The average molecular weight is 364 g/mol. The molecule has 5 heteroatoms. The van der Waals surface area contributed by atoms with Crippen LogP contribution in [0.3, 0.4) is 0 Å². The molecule has 122 valence electrons. The predicted molar refractivity (Wildman–Crippen MR) is 108 cm³/mol. The van der Waals surface area contributed by atoms with Crippen LogP contribution in [0.1, 0.15) is 0 Å². The van der Waals surface area contributed by atoms with E-state index in [0.717, 1.165) is 27.5 Å². The molecule has 25 heavy (non-hydrogen) atoms. The summed E-state index contributed by atoms with van der Waals surface area (Å²) in [7, 11) is 0. The van der Waals surface area contributed by atoms with Crippen LogP contribution in [0.5, 0.6) is 0 Å². The molecule has 1 N–H and O–H groups in total. The van der Waals surface area contributed by atoms with Crippen LogP contribution in [0.4, 0.5) is 11.4 Å². The molecular weight excluding hydrogens is 350 g/mol. The molecule has 4 rings (SSSR count). The van der Waals surface area contributed by atoms with Gasteiger partial charge in [0.1, 0.15) is 5.01 Å². The number of rotatable bonds is 4. The van der Waals surface area contributed by atoms with Crippen LogP contribution in [0, 0.1) is 0 Å². The fraction of sp³-hybridized carbons (Fsp3) is 0. The van der Waals surface area contributed by atoms with Crippen molar-refractivity contribution in [2.24, 2.45) is 4.99 Å². The number of aliphatic imine (C=N–C) groups is 1. The van der Waals surface area contributed by atoms with Crippen molar-refractivity contribution in [1.29, 1.82) is 0 Å². The summed E-state index contributed by atoms with van der Waals surface area (Å²) in [6, 6.07) is 23.8. The molecule has 0 unspecified atom stereocenters. The summed E-state index contributed by atoms with van der Waals surface area (Å²) in [6.07, 6.45) is 1.68. The highest BCUT2D eigenvalue weighted by Gasteiger charge is 2.05. The lowest BCUT2D eigenvalue weighted by atomic mass is 10.2. The van der Waals surface area contributed by atoms with Gasteiger partial charge in [-0.2, -0.15) is 0 Å². The molecule has 0 spiro atoms. The molecule has 1 aromatic heterocycles. The summed E-state index contributed by atoms with van der Waals surface area (Å²) in [5.41, 5.74) is 3.98. The predicted octanol–water partition coefficient (Wildman–Crippen LogP) is 6.39. The highest BCUT2D eigenvalue weighted by atomic mass is 35.5. The molecule has 4 aromatic rings. The molecule has 0 aliphatic heterocycles. The summed E-state index contributed by atoms with van der Waals surface area (Å²) in [6.45, 7) is 0. The Bertz CT molecular complexity index is 988. The zero-order valence-electron chi connectivity index (χ0n) is 13.2. The zero-order chi connectivity index (χ0) is 17.1. The first-order valence-corrected chi connectivity index (χ1v) is 8.98. The fourth-order valence-electron chi connectivity index (χ4n) is 2.41. The van der Waals surface area contributed by atoms with Gasteiger partial charge in [-0.25, -0.2) is 9.98 Å². The first-order chi connectivity index (χ1) is 12.3. The molecule has 3 aromatic carbocycles. The van der Waals surface area contributed by atoms with Gasteiger partial charge in [0.15, 0.2) is 0 Å². The minimum absolute atomic E-state index is 0.706. The second-order valence-electron chi connectivity index (χ2n) is 5.44. The van der Waals surface area contributed by atoms with Gasteiger partial charge in [0.2, 0.25) is 0 Å². The van der Waals surface area contributed by atoms with Gasteiger partial charge in [-0.05, 0) is 60.7 Å². The third-order valence-electron chi connectivity index (χ3n) is 3.70. The summed E-state index contributed by atoms with van der Waals surface area (Å²) < 4.78 is 1.20. The summed E-state index contributed by atoms with van der Waals surface area (Å²) in [4.78, 5) is 9.03. The first kappa shape index (κ1) is 15.8. The second kappa shape index (κ2) is 7.05. The van der Waals surface area contributed by atoms with Crippen molar-refractivity contribution in [3.63, 3.8) is 0 Å². The van der Waals surface area contributed by atoms with Gasteiger partial charge in [-0.15, -0.1) is 11.3 Å². The SMILES string of the molecule is Clc1ccc(N=CNc2ccc(-c3nc4ccccc4s3)cc2)cc1. The van der Waals surface area contributed by atoms with Crippen molar-refractivity contribution < 1.29 is 0 Å². The lowest BCUT2D eigenvalue weighted by Gasteiger charge is -2.01. The fourth-order valence-corrected chi connectivity index (χ4v) is 3.51. The van der Waals surface area contributed by atoms with Gasteiger partial charge in [0, 0.05) is 16.3 Å². The Morgan fingerprint density at radius 3 is 2.44 bits per heavy atom. The first-order valence-electron chi connectivity index (χ1n) is 7.79. The minimum Gasteiger partial charge on any atom is -0.346 e. The molecule has 3 nitrogen and oxygen atoms in total. The van der Waals surface area contributed by atoms with Crippen molar-refractivity contribution in [3.05, 3.63) is 77.8 Å². The second-order valence-corrected chi connectivity index (χ2v) is 6.91. The van der Waals surface area contributed by atoms with Crippen molar-refractivity contribution in [2.75, 3.05) is 5.32 Å². The van der Waals surface area contributed by atoms with Crippen LogP contribution in [-0.4, -0.2) is 11.3 Å². The number of fused-ring (bicyclic) bond motifs is 1. The maximum absolute atomic E-state index is 5.86. The van der Waals surface area contributed by atoms with Crippen LogP contribution < -0.4 is 5.32 Å². The molecular formula is C20H14ClN3S. The lowest BCUT2D eigenvalue weighted by molar-refractivity contribution is 1.47. The van der Waals surface area contributed by atoms with Crippen LogP contribution in [0.2, 0.25) is 5.02 Å². The highest BCUT2D eigenvalue weighted by molar-refractivity contribution is 7.21. The van der Waals surface area contributed by atoms with E-state index in [9.17, 15) is 0 Å². The van der Waals surface area contributed by atoms with Gasteiger partial charge in [0.25, 0.3) is 0 Å². The third kappa shape index (κ3) is 3.71. The number of anilines is 1. The minimum atomic E-state index is 0.706. The Hall–Kier alpha value is -2.69. The van der Waals surface area contributed by atoms with Crippen LogP contribution in [-0.2, 0) is 0 Å². The van der Waals surface area contributed by atoms with E-state index in [-0.39, 0.29) is 0 Å². The number of hydrogen-bond acceptors (Lipinski definition) is 3. The van der Waals surface area contributed by atoms with E-state index in [2.05, 4.69) is 33.5 Å². The van der Waals surface area contributed by atoms with Gasteiger partial charge in [-0.3, -0.25) is 0 Å². The lowest BCUT2D eigenvalue weighted by Crippen LogP contribution is -1.93. The quantitative estimate of drug-likeness (QED) is 0.337. The monoisotopic (exact) mass is 363 g/mol. The van der Waals surface area contributed by atoms with Gasteiger partial charge in [0.05, 0.1) is 22.2 Å². The van der Waals surface area contributed by atoms with Crippen molar-refractivity contribution in [3.8, 4) is 10.6 Å². The topological polar surface area (TPSA) is 37.3 Å². The molecule has 0 saturated carbocycles. The van der Waals surface area contributed by atoms with E-state index >= 15 is 0 Å². The largest absolute Gasteiger partial charge is 0.346 e. The number of thiazole rings is 1. The molecule has 0 aliphatic rings. The highest BCUT2D eigenvalue weighted by Crippen LogP contribution is 2.30. The van der Waals surface area contributed by atoms with Crippen molar-refractivity contribution in [2.45, 2.75) is 0 Å². The number of aromatic nitrogens is 1. The Labute approximate surface area is 154 Å². The van der Waals surface area contributed by atoms with Gasteiger partial charge >= 0.3 is 0 Å². The van der Waals surface area contributed by atoms with Gasteiger partial charge in [-0.1, -0.05) is 23.7 Å². The number of para-hydroxylation sites is 1. The molecule has 0 atom stereocenters. The van der Waals surface area contributed by atoms with E-state index < -0.39 is 0 Å². The molecule has 0 aliphatic carbocycles. The molecule has 0 radical (unpaired) electrons. The maximum atomic E-state index is 5.86. The Morgan fingerprint density at radius 2 is 1.68 bits per heavy atom. The van der Waals surface area contributed by atoms with Crippen molar-refractivity contribution >= 4 is 50.9 Å². The van der Waals surface area contributed by atoms with Crippen molar-refractivity contribution in [1.82, 2.24) is 4.98 Å². The molecule has 1 heterocycles. The number of halogens is 1. The molecule has 0 bridgehead atoms. The molecule has 0 fully saturated rings. The normalized spacial score (nSPS) is 11.2. The zero-order valence-corrected chi connectivity index (χ0v) is 14.8. The van der Waals surface area contributed by atoms with E-state index in [1.165, 1.54) is 4.70 Å². The van der Waals surface area contributed by atoms with E-state index in [1.807, 2.05) is 54.6 Å². The Morgan fingerprint density at radius 1 is 0.920 bits per heavy atom. The molecule has 0 saturated heterocycles. The summed E-state index contributed by atoms with van der Waals surface area (Å²) >= 11 is 7.56. The number of benzene rings is 3. The van der Waals surface area contributed by atoms with Crippen LogP contribution in [0.25, 0.3) is 20.8 Å². The smallest absolute Gasteiger partial charge is 0.124 e. The number of nitrogens with one attached hydrogen (secondary N) is 1. The Balaban J connectivity index is 1.47. The molecule has 0 amide bonds. The summed E-state index contributed by atoms with van der Waals surface area (Å²) in [5, 5.41) is 4.91. The third-order valence-corrected chi connectivity index (χ3v) is 5.03. The Kier molecular flexibility index (Phi) is 4.46. The van der Waals surface area contributed by atoms with Crippen LogP contribution >= 0.6 is 22.9 Å². The van der Waals surface area contributed by atoms with E-state index in [4.69, 9.17) is 11.6 Å². The van der Waals surface area contributed by atoms with Crippen LogP contribution in [0.15, 0.2) is 77.8 Å². The van der Waals surface area contributed by atoms with E-state index in [0.29, 0.717) is 5.02 Å². The maximum Gasteiger partial charge on any atom is 0.124 e. The van der Waals surface area contributed by atoms with E-state index in [1.54, 1.807) is 17.7 Å².